The van der Waals surface area contributed by atoms with E-state index in [0.717, 1.165) is 30.9 Å². The normalized spacial score (nSPS) is 19.9. The Morgan fingerprint density at radius 3 is 2.79 bits per heavy atom. The molecule has 0 saturated carbocycles. The average Bonchev–Trinajstić information content (AvgIpc) is 3.26. The highest BCUT2D eigenvalue weighted by atomic mass is 19.3. The zero-order chi connectivity index (χ0) is 24.9. The minimum absolute atomic E-state index is 0.0584. The van der Waals surface area contributed by atoms with Gasteiger partial charge in [0.1, 0.15) is 11.9 Å². The lowest BCUT2D eigenvalue weighted by Gasteiger charge is -2.29. The fourth-order valence-electron chi connectivity index (χ4n) is 4.93. The van der Waals surface area contributed by atoms with Crippen LogP contribution in [-0.2, 0) is 17.6 Å². The van der Waals surface area contributed by atoms with Crippen LogP contribution in [0.15, 0.2) is 48.1 Å². The van der Waals surface area contributed by atoms with Gasteiger partial charge in [0.2, 0.25) is 0 Å². The third-order valence-corrected chi connectivity index (χ3v) is 6.75. The molecule has 0 radical (unpaired) electrons. The van der Waals surface area contributed by atoms with E-state index in [4.69, 9.17) is 0 Å². The topological polar surface area (TPSA) is 65.5 Å². The van der Waals surface area contributed by atoms with Crippen LogP contribution in [0.5, 0.6) is 0 Å². The second-order valence-electron chi connectivity index (χ2n) is 9.76. The highest BCUT2D eigenvalue weighted by Crippen LogP contribution is 2.38. The molecule has 1 fully saturated rings. The van der Waals surface area contributed by atoms with Gasteiger partial charge in [-0.2, -0.15) is 0 Å². The third-order valence-electron chi connectivity index (χ3n) is 6.75. The van der Waals surface area contributed by atoms with Crippen molar-refractivity contribution in [2.75, 3.05) is 25.0 Å². The number of rotatable bonds is 11. The Kier molecular flexibility index (Phi) is 8.63. The molecule has 7 heteroatoms. The molecule has 34 heavy (non-hydrogen) atoms. The number of nitrogens with one attached hydrogen (secondary N) is 1. The number of allylic oxidation sites excluding steroid dienone is 2. The van der Waals surface area contributed by atoms with Crippen LogP contribution in [0.1, 0.15) is 57.2 Å². The summed E-state index contributed by atoms with van der Waals surface area (Å²) in [6.45, 7) is 12.5. The largest absolute Gasteiger partial charge is 0.480 e. The van der Waals surface area contributed by atoms with Crippen molar-refractivity contribution in [3.8, 4) is 0 Å². The first-order valence-electron chi connectivity index (χ1n) is 12.2. The number of alkyl halides is 2. The predicted octanol–water partition coefficient (Wildman–Crippen LogP) is 5.64. The maximum Gasteiger partial charge on any atom is 0.325 e. The van der Waals surface area contributed by atoms with E-state index in [9.17, 15) is 9.90 Å². The molecular formula is C27H37F2N3O2. The van der Waals surface area contributed by atoms with Gasteiger partial charge in [-0.3, -0.25) is 9.69 Å². The van der Waals surface area contributed by atoms with Crippen LogP contribution in [0.25, 0.3) is 0 Å². The Morgan fingerprint density at radius 1 is 1.35 bits per heavy atom. The summed E-state index contributed by atoms with van der Waals surface area (Å²) in [5.74, 6) is -3.80. The van der Waals surface area contributed by atoms with Gasteiger partial charge >= 0.3 is 5.97 Å². The number of carboxylic acid groups (broad SMARTS) is 1. The van der Waals surface area contributed by atoms with Crippen LogP contribution in [0.3, 0.4) is 0 Å². The van der Waals surface area contributed by atoms with Crippen LogP contribution < -0.4 is 5.32 Å². The summed E-state index contributed by atoms with van der Waals surface area (Å²) in [4.78, 5) is 18.3. The number of hydrogen-bond acceptors (Lipinski definition) is 4. The number of carbonyl (C=O) groups is 1. The molecule has 2 aliphatic heterocycles. The lowest BCUT2D eigenvalue weighted by molar-refractivity contribution is -0.141. The van der Waals surface area contributed by atoms with Crippen molar-refractivity contribution in [1.82, 2.24) is 9.88 Å². The number of nitrogens with zero attached hydrogens (tertiary/aromatic N) is 2. The van der Waals surface area contributed by atoms with Crippen LogP contribution in [0, 0.1) is 5.92 Å². The number of fused-ring (bicyclic) bond motifs is 1. The summed E-state index contributed by atoms with van der Waals surface area (Å²) < 4.78 is 30.1. The Balaban J connectivity index is 1.55. The quantitative estimate of drug-likeness (QED) is 0.322. The number of unbranched alkanes of at least 4 members (excludes halogenated alkanes) is 1. The van der Waals surface area contributed by atoms with Gasteiger partial charge in [-0.25, -0.2) is 13.8 Å². The summed E-state index contributed by atoms with van der Waals surface area (Å²) >= 11 is 0. The predicted molar refractivity (Wildman–Crippen MR) is 132 cm³/mol. The number of carboxylic acids is 1. The van der Waals surface area contributed by atoms with Gasteiger partial charge in [-0.15, -0.1) is 0 Å². The summed E-state index contributed by atoms with van der Waals surface area (Å²) in [5, 5.41) is 13.2. The number of anilines is 1. The van der Waals surface area contributed by atoms with E-state index in [1.54, 1.807) is 24.8 Å². The molecular weight excluding hydrogens is 436 g/mol. The van der Waals surface area contributed by atoms with Gasteiger partial charge in [0.25, 0.3) is 5.92 Å². The molecule has 2 atom stereocenters. The standard InChI is InChI=1S/C27H37F2N3O2/c1-18(2)16-23(19(3)4)24(26(33)34)32-15-12-21(17-32)27(28,29)13-6-5-9-22-11-10-20-8-7-14-30-25(20)31-22/h10-11,16,21,24H,1,3,5-9,12-15,17H2,2,4H3,(H,30,31)(H,33,34)/b23-16+. The van der Waals surface area contributed by atoms with Crippen LogP contribution in [0.4, 0.5) is 14.6 Å². The van der Waals surface area contributed by atoms with Crippen molar-refractivity contribution < 1.29 is 18.7 Å². The molecule has 2 unspecified atom stereocenters. The summed E-state index contributed by atoms with van der Waals surface area (Å²) in [6, 6.07) is 3.10. The number of aryl methyl sites for hydroxylation is 2. The fourth-order valence-corrected chi connectivity index (χ4v) is 4.93. The zero-order valence-corrected chi connectivity index (χ0v) is 20.4. The first-order chi connectivity index (χ1) is 16.1. The molecule has 1 aromatic heterocycles. The molecule has 0 aliphatic carbocycles. The average molecular weight is 474 g/mol. The number of pyridine rings is 1. The Hall–Kier alpha value is -2.54. The van der Waals surface area contributed by atoms with Crippen molar-refractivity contribution in [3.63, 3.8) is 0 Å². The van der Waals surface area contributed by atoms with Crippen molar-refractivity contribution in [2.45, 2.75) is 70.8 Å². The lowest BCUT2D eigenvalue weighted by Crippen LogP contribution is -2.42. The van der Waals surface area contributed by atoms with E-state index >= 15 is 8.78 Å². The zero-order valence-electron chi connectivity index (χ0n) is 20.4. The highest BCUT2D eigenvalue weighted by Gasteiger charge is 2.45. The van der Waals surface area contributed by atoms with E-state index in [1.807, 2.05) is 6.07 Å². The summed E-state index contributed by atoms with van der Waals surface area (Å²) in [6.07, 6.45) is 5.65. The van der Waals surface area contributed by atoms with Gasteiger partial charge in [-0.1, -0.05) is 36.4 Å². The van der Waals surface area contributed by atoms with Crippen molar-refractivity contribution in [2.24, 2.45) is 5.92 Å². The Morgan fingerprint density at radius 2 is 2.12 bits per heavy atom. The van der Waals surface area contributed by atoms with Gasteiger partial charge in [0.05, 0.1) is 0 Å². The molecule has 0 spiro atoms. The van der Waals surface area contributed by atoms with Gasteiger partial charge in [-0.05, 0) is 76.1 Å². The second kappa shape index (κ2) is 11.3. The van der Waals surface area contributed by atoms with E-state index < -0.39 is 23.9 Å². The fraction of sp³-hybridized carbons (Fsp3) is 0.556. The number of halogens is 2. The lowest BCUT2D eigenvalue weighted by atomic mass is 9.94. The van der Waals surface area contributed by atoms with E-state index in [1.165, 1.54) is 5.56 Å². The third kappa shape index (κ3) is 6.53. The van der Waals surface area contributed by atoms with Crippen LogP contribution in [-0.4, -0.2) is 52.6 Å². The first-order valence-corrected chi connectivity index (χ1v) is 12.2. The molecule has 2 aliphatic rings. The molecule has 1 saturated heterocycles. The van der Waals surface area contributed by atoms with Gasteiger partial charge in [0, 0.05) is 31.1 Å². The molecule has 186 valence electrons. The van der Waals surface area contributed by atoms with Gasteiger partial charge < -0.3 is 10.4 Å². The van der Waals surface area contributed by atoms with Crippen molar-refractivity contribution in [1.29, 1.82) is 0 Å². The monoisotopic (exact) mass is 473 g/mol. The Labute approximate surface area is 201 Å². The maximum atomic E-state index is 15.0. The van der Waals surface area contributed by atoms with Crippen LogP contribution in [0.2, 0.25) is 0 Å². The number of aliphatic carboxylic acids is 1. The number of aromatic nitrogens is 1. The maximum absolute atomic E-state index is 15.0. The molecule has 0 amide bonds. The number of hydrogen-bond donors (Lipinski definition) is 2. The molecule has 1 aromatic rings. The van der Waals surface area contributed by atoms with Crippen LogP contribution >= 0.6 is 0 Å². The molecule has 5 nitrogen and oxygen atoms in total. The van der Waals surface area contributed by atoms with Crippen molar-refractivity contribution in [3.05, 3.63) is 59.3 Å². The first kappa shape index (κ1) is 26.1. The van der Waals surface area contributed by atoms with E-state index in [0.29, 0.717) is 42.5 Å². The smallest absolute Gasteiger partial charge is 0.325 e. The minimum Gasteiger partial charge on any atom is -0.480 e. The molecule has 0 aromatic carbocycles. The second-order valence-corrected chi connectivity index (χ2v) is 9.76. The van der Waals surface area contributed by atoms with E-state index in [-0.39, 0.29) is 19.4 Å². The molecule has 0 bridgehead atoms. The van der Waals surface area contributed by atoms with E-state index in [2.05, 4.69) is 29.5 Å². The number of likely N-dealkylation sites (tertiary alicyclic amines) is 1. The minimum atomic E-state index is -2.83. The highest BCUT2D eigenvalue weighted by molar-refractivity contribution is 5.79. The SMILES string of the molecule is C=C(C)/C=C(\C(=C)C)C(C(=O)O)N1CCC(C(F)(F)CCCCc2ccc3c(n2)NCCC3)C1. The van der Waals surface area contributed by atoms with Gasteiger partial charge in [0.15, 0.2) is 0 Å². The molecule has 2 N–H and O–H groups in total. The molecule has 3 heterocycles. The molecule has 3 rings (SSSR count). The van der Waals surface area contributed by atoms with Crippen molar-refractivity contribution >= 4 is 11.8 Å². The summed E-state index contributed by atoms with van der Waals surface area (Å²) in [7, 11) is 0. The Bertz CT molecular complexity index is 957. The summed E-state index contributed by atoms with van der Waals surface area (Å²) in [5.41, 5.74) is 3.99.